The lowest BCUT2D eigenvalue weighted by Crippen LogP contribution is -2.50. The summed E-state index contributed by atoms with van der Waals surface area (Å²) in [5.41, 5.74) is 0. The highest BCUT2D eigenvalue weighted by atomic mass is 16.5. The molecular weight excluding hydrogens is 344 g/mol. The highest BCUT2D eigenvalue weighted by Crippen LogP contribution is 2.26. The molecule has 1 aliphatic carbocycles. The van der Waals surface area contributed by atoms with E-state index in [0.29, 0.717) is 24.7 Å². The number of phenolic OH excluding ortho intramolecular Hbond substituents is 1. The average molecular weight is 374 g/mol. The zero-order valence-electron chi connectivity index (χ0n) is 16.0. The van der Waals surface area contributed by atoms with E-state index in [4.69, 9.17) is 4.74 Å². The van der Waals surface area contributed by atoms with E-state index in [1.165, 1.54) is 31.4 Å². The molecule has 1 saturated heterocycles. The van der Waals surface area contributed by atoms with Gasteiger partial charge < -0.3 is 20.1 Å². The molecule has 2 fully saturated rings. The molecule has 1 heterocycles. The Balaban J connectivity index is 1.42. The summed E-state index contributed by atoms with van der Waals surface area (Å²) in [5.74, 6) is 1.07. The molecule has 6 nitrogen and oxygen atoms in total. The van der Waals surface area contributed by atoms with E-state index in [-0.39, 0.29) is 23.6 Å². The van der Waals surface area contributed by atoms with Gasteiger partial charge in [0.1, 0.15) is 11.5 Å². The Kier molecular flexibility index (Phi) is 6.58. The number of ether oxygens (including phenoxy) is 1. The summed E-state index contributed by atoms with van der Waals surface area (Å²) in [4.78, 5) is 27.0. The Bertz CT molecular complexity index is 632. The molecule has 2 N–H and O–H groups in total. The minimum absolute atomic E-state index is 0.0822. The van der Waals surface area contributed by atoms with Crippen molar-refractivity contribution < 1.29 is 19.4 Å². The molecule has 1 atom stereocenters. The van der Waals surface area contributed by atoms with Gasteiger partial charge in [0.25, 0.3) is 5.91 Å². The lowest BCUT2D eigenvalue weighted by Gasteiger charge is -2.35. The van der Waals surface area contributed by atoms with Crippen LogP contribution in [0.2, 0.25) is 0 Å². The van der Waals surface area contributed by atoms with Crippen LogP contribution in [-0.4, -0.2) is 47.1 Å². The maximum Gasteiger partial charge on any atom is 0.260 e. The third-order valence-electron chi connectivity index (χ3n) is 5.63. The number of likely N-dealkylation sites (tertiary alicyclic amines) is 1. The number of carbonyl (C=O) groups excluding carboxylic acids is 2. The zero-order chi connectivity index (χ0) is 19.2. The van der Waals surface area contributed by atoms with Crippen LogP contribution < -0.4 is 10.1 Å². The summed E-state index contributed by atoms with van der Waals surface area (Å²) in [5, 5.41) is 12.3. The summed E-state index contributed by atoms with van der Waals surface area (Å²) in [6.45, 7) is 3.14. The number of phenols is 1. The van der Waals surface area contributed by atoms with Crippen molar-refractivity contribution in [2.75, 3.05) is 13.1 Å². The van der Waals surface area contributed by atoms with Crippen LogP contribution in [0.5, 0.6) is 11.5 Å². The van der Waals surface area contributed by atoms with E-state index in [0.717, 1.165) is 25.7 Å². The molecule has 1 saturated carbocycles. The molecule has 6 heteroatoms. The fourth-order valence-corrected chi connectivity index (χ4v) is 3.95. The molecule has 0 spiro atoms. The van der Waals surface area contributed by atoms with E-state index in [1.54, 1.807) is 19.1 Å². The number of hydrogen-bond acceptors (Lipinski definition) is 4. The van der Waals surface area contributed by atoms with Crippen molar-refractivity contribution in [2.45, 2.75) is 64.0 Å². The second-order valence-electron chi connectivity index (χ2n) is 7.70. The van der Waals surface area contributed by atoms with Gasteiger partial charge in [-0.25, -0.2) is 0 Å². The molecule has 0 aromatic heterocycles. The summed E-state index contributed by atoms with van der Waals surface area (Å²) in [7, 11) is 0. The minimum atomic E-state index is -0.614. The summed E-state index contributed by atoms with van der Waals surface area (Å²) in [6, 6.07) is 6.40. The first-order chi connectivity index (χ1) is 13.0. The van der Waals surface area contributed by atoms with Crippen LogP contribution in [0.25, 0.3) is 0 Å². The lowest BCUT2D eigenvalue weighted by molar-refractivity contribution is -0.137. The Morgan fingerprint density at radius 3 is 2.33 bits per heavy atom. The molecule has 27 heavy (non-hydrogen) atoms. The van der Waals surface area contributed by atoms with E-state index >= 15 is 0 Å². The van der Waals surface area contributed by atoms with Crippen molar-refractivity contribution in [3.63, 3.8) is 0 Å². The fourth-order valence-electron chi connectivity index (χ4n) is 3.95. The zero-order valence-corrected chi connectivity index (χ0v) is 16.0. The Morgan fingerprint density at radius 2 is 1.70 bits per heavy atom. The van der Waals surface area contributed by atoms with Gasteiger partial charge in [0.2, 0.25) is 5.91 Å². The van der Waals surface area contributed by atoms with Gasteiger partial charge in [-0.1, -0.05) is 19.3 Å². The normalized spacial score (nSPS) is 20.1. The van der Waals surface area contributed by atoms with Gasteiger partial charge in [-0.2, -0.15) is 0 Å². The number of benzene rings is 1. The van der Waals surface area contributed by atoms with Crippen LogP contribution in [0.4, 0.5) is 0 Å². The summed E-state index contributed by atoms with van der Waals surface area (Å²) in [6.07, 6.45) is 6.61. The van der Waals surface area contributed by atoms with E-state index < -0.39 is 6.10 Å². The first-order valence-electron chi connectivity index (χ1n) is 10.1. The third-order valence-corrected chi connectivity index (χ3v) is 5.63. The maximum atomic E-state index is 12.6. The first kappa shape index (κ1) is 19.5. The lowest BCUT2D eigenvalue weighted by atomic mass is 9.87. The standard InChI is InChI=1S/C21H30N2O4/c1-15(27-19-9-7-18(24)8-10-19)20(25)22-17-11-13-23(14-12-17)21(26)16-5-3-2-4-6-16/h7-10,15-17,24H,2-6,11-14H2,1H3,(H,22,25). The molecule has 1 unspecified atom stereocenters. The summed E-state index contributed by atoms with van der Waals surface area (Å²) < 4.78 is 5.62. The van der Waals surface area contributed by atoms with Crippen molar-refractivity contribution in [1.82, 2.24) is 10.2 Å². The van der Waals surface area contributed by atoms with E-state index in [1.807, 2.05) is 4.90 Å². The molecule has 1 aliphatic heterocycles. The molecule has 3 rings (SSSR count). The first-order valence-corrected chi connectivity index (χ1v) is 10.1. The number of nitrogens with zero attached hydrogens (tertiary/aromatic N) is 1. The second kappa shape index (κ2) is 9.11. The van der Waals surface area contributed by atoms with Gasteiger partial charge in [0.05, 0.1) is 0 Å². The molecule has 0 radical (unpaired) electrons. The van der Waals surface area contributed by atoms with Gasteiger partial charge >= 0.3 is 0 Å². The highest BCUT2D eigenvalue weighted by Gasteiger charge is 2.30. The number of aromatic hydroxyl groups is 1. The van der Waals surface area contributed by atoms with Crippen LogP contribution >= 0.6 is 0 Å². The molecule has 1 aromatic carbocycles. The molecule has 2 aliphatic rings. The van der Waals surface area contributed by atoms with Crippen LogP contribution in [0, 0.1) is 5.92 Å². The number of hydrogen-bond donors (Lipinski definition) is 2. The number of rotatable bonds is 5. The van der Waals surface area contributed by atoms with Crippen LogP contribution in [0.15, 0.2) is 24.3 Å². The summed E-state index contributed by atoms with van der Waals surface area (Å²) >= 11 is 0. The van der Waals surface area contributed by atoms with Crippen molar-refractivity contribution >= 4 is 11.8 Å². The van der Waals surface area contributed by atoms with E-state index in [9.17, 15) is 14.7 Å². The largest absolute Gasteiger partial charge is 0.508 e. The van der Waals surface area contributed by atoms with Crippen molar-refractivity contribution in [3.8, 4) is 11.5 Å². The predicted molar refractivity (Wildman–Crippen MR) is 103 cm³/mol. The SMILES string of the molecule is CC(Oc1ccc(O)cc1)C(=O)NC1CCN(C(=O)C2CCCCC2)CC1. The molecule has 148 valence electrons. The quantitative estimate of drug-likeness (QED) is 0.831. The van der Waals surface area contributed by atoms with Crippen molar-refractivity contribution in [1.29, 1.82) is 0 Å². The van der Waals surface area contributed by atoms with Crippen molar-refractivity contribution in [3.05, 3.63) is 24.3 Å². The minimum Gasteiger partial charge on any atom is -0.508 e. The van der Waals surface area contributed by atoms with Crippen LogP contribution in [0.1, 0.15) is 51.9 Å². The third kappa shape index (κ3) is 5.37. The number of piperidine rings is 1. The number of carbonyl (C=O) groups is 2. The number of nitrogens with one attached hydrogen (secondary N) is 1. The Hall–Kier alpha value is -2.24. The van der Waals surface area contributed by atoms with Gasteiger partial charge in [-0.3, -0.25) is 9.59 Å². The highest BCUT2D eigenvalue weighted by molar-refractivity contribution is 5.81. The fraction of sp³-hybridized carbons (Fsp3) is 0.619. The number of amides is 2. The van der Waals surface area contributed by atoms with Gasteiger partial charge in [0.15, 0.2) is 6.10 Å². The topological polar surface area (TPSA) is 78.9 Å². The maximum absolute atomic E-state index is 12.6. The molecule has 0 bridgehead atoms. The second-order valence-corrected chi connectivity index (χ2v) is 7.70. The molecule has 1 aromatic rings. The van der Waals surface area contributed by atoms with Gasteiger partial charge in [-0.15, -0.1) is 0 Å². The van der Waals surface area contributed by atoms with Crippen molar-refractivity contribution in [2.24, 2.45) is 5.92 Å². The average Bonchev–Trinajstić information content (AvgIpc) is 2.70. The van der Waals surface area contributed by atoms with Crippen LogP contribution in [-0.2, 0) is 9.59 Å². The van der Waals surface area contributed by atoms with E-state index in [2.05, 4.69) is 5.32 Å². The molecule has 2 amide bonds. The Labute approximate surface area is 160 Å². The van der Waals surface area contributed by atoms with Crippen LogP contribution in [0.3, 0.4) is 0 Å². The monoisotopic (exact) mass is 374 g/mol. The smallest absolute Gasteiger partial charge is 0.260 e. The van der Waals surface area contributed by atoms with Gasteiger partial charge in [0, 0.05) is 25.0 Å². The molecular formula is C21H30N2O4. The Morgan fingerprint density at radius 1 is 1.07 bits per heavy atom. The predicted octanol–water partition coefficient (Wildman–Crippen LogP) is 2.85. The van der Waals surface area contributed by atoms with Gasteiger partial charge in [-0.05, 0) is 56.9 Å².